The molecule has 2 rings (SSSR count). The molecule has 1 aromatic carbocycles. The Morgan fingerprint density at radius 1 is 1.47 bits per heavy atom. The van der Waals surface area contributed by atoms with Crippen molar-refractivity contribution in [1.82, 2.24) is 5.32 Å². The van der Waals surface area contributed by atoms with Gasteiger partial charge >= 0.3 is 0 Å². The van der Waals surface area contributed by atoms with Crippen LogP contribution in [0.3, 0.4) is 0 Å². The summed E-state index contributed by atoms with van der Waals surface area (Å²) >= 11 is 3.08. The molecule has 2 unspecified atom stereocenters. The van der Waals surface area contributed by atoms with Gasteiger partial charge in [0.2, 0.25) is 0 Å². The highest BCUT2D eigenvalue weighted by molar-refractivity contribution is 9.10. The minimum Gasteiger partial charge on any atom is -0.370 e. The second kappa shape index (κ2) is 4.42. The van der Waals surface area contributed by atoms with Crippen molar-refractivity contribution < 1.29 is 9.18 Å². The Kier molecular flexibility index (Phi) is 3.12. The number of carbonyl (C=O) groups excluding carboxylic acids is 1. The first kappa shape index (κ1) is 12.0. The largest absolute Gasteiger partial charge is 0.370 e. The van der Waals surface area contributed by atoms with E-state index in [1.807, 2.05) is 0 Å². The van der Waals surface area contributed by atoms with Crippen molar-refractivity contribution in [1.29, 1.82) is 0 Å². The van der Waals surface area contributed by atoms with Crippen molar-refractivity contribution in [3.05, 3.63) is 34.1 Å². The minimum atomic E-state index is -0.436. The van der Waals surface area contributed by atoms with Gasteiger partial charge in [0.1, 0.15) is 11.9 Å². The summed E-state index contributed by atoms with van der Waals surface area (Å²) in [5, 5.41) is 2.93. The molecule has 1 fully saturated rings. The molecule has 0 bridgehead atoms. The summed E-state index contributed by atoms with van der Waals surface area (Å²) in [5.74, 6) is -1.03. The van der Waals surface area contributed by atoms with Crippen LogP contribution in [0.1, 0.15) is 11.6 Å². The fourth-order valence-electron chi connectivity index (χ4n) is 1.54. The van der Waals surface area contributed by atoms with Gasteiger partial charge in [-0.1, -0.05) is 6.07 Å². The average molecular weight is 301 g/mol. The number of rotatable bonds is 2. The molecule has 5 N–H and O–H groups in total. The third kappa shape index (κ3) is 2.62. The number of carbonyl (C=O) groups is 1. The van der Waals surface area contributed by atoms with E-state index in [1.165, 1.54) is 6.07 Å². The number of guanidine groups is 1. The maximum Gasteiger partial charge on any atom is 0.267 e. The molecule has 1 saturated heterocycles. The molecule has 90 valence electrons. The van der Waals surface area contributed by atoms with Crippen molar-refractivity contribution in [2.24, 2.45) is 16.5 Å². The van der Waals surface area contributed by atoms with Gasteiger partial charge in [0.15, 0.2) is 5.96 Å². The summed E-state index contributed by atoms with van der Waals surface area (Å²) in [4.78, 5) is 14.9. The molecule has 0 aromatic heterocycles. The van der Waals surface area contributed by atoms with Crippen LogP contribution in [0.2, 0.25) is 0 Å². The zero-order chi connectivity index (χ0) is 12.6. The van der Waals surface area contributed by atoms with E-state index in [-0.39, 0.29) is 17.8 Å². The van der Waals surface area contributed by atoms with Crippen LogP contribution in [-0.2, 0) is 4.79 Å². The van der Waals surface area contributed by atoms with Crippen molar-refractivity contribution in [3.63, 3.8) is 0 Å². The molecule has 1 aliphatic heterocycles. The van der Waals surface area contributed by atoms with Crippen LogP contribution in [-0.4, -0.2) is 17.9 Å². The third-order valence-electron chi connectivity index (χ3n) is 2.39. The molecule has 0 saturated carbocycles. The van der Waals surface area contributed by atoms with Crippen LogP contribution < -0.4 is 16.8 Å². The van der Waals surface area contributed by atoms with Gasteiger partial charge in [-0.15, -0.1) is 0 Å². The Labute approximate surface area is 105 Å². The second-order valence-electron chi connectivity index (χ2n) is 3.67. The maximum atomic E-state index is 13.0. The second-order valence-corrected chi connectivity index (χ2v) is 4.52. The van der Waals surface area contributed by atoms with E-state index in [2.05, 4.69) is 26.2 Å². The van der Waals surface area contributed by atoms with Crippen molar-refractivity contribution in [2.45, 2.75) is 12.1 Å². The quantitative estimate of drug-likeness (QED) is 0.418. The Morgan fingerprint density at radius 2 is 2.18 bits per heavy atom. The first-order chi connectivity index (χ1) is 7.99. The first-order valence-corrected chi connectivity index (χ1v) is 5.63. The van der Waals surface area contributed by atoms with Gasteiger partial charge in [-0.2, -0.15) is 4.99 Å². The SMILES string of the molecule is NC(N)=NC(=O)C1NC1c1ccc(F)c(Br)c1. The molecular formula is C10H10BrFN4O. The molecule has 7 heteroatoms. The highest BCUT2D eigenvalue weighted by Gasteiger charge is 2.43. The van der Waals surface area contributed by atoms with E-state index >= 15 is 0 Å². The number of halogens is 2. The number of benzene rings is 1. The van der Waals surface area contributed by atoms with Crippen molar-refractivity contribution in [2.75, 3.05) is 0 Å². The number of hydrogen-bond donors (Lipinski definition) is 3. The summed E-state index contributed by atoms with van der Waals surface area (Å²) in [5.41, 5.74) is 11.0. The predicted octanol–water partition coefficient (Wildman–Crippen LogP) is 0.401. The molecule has 1 heterocycles. The lowest BCUT2D eigenvalue weighted by Crippen LogP contribution is -2.25. The number of amides is 1. The van der Waals surface area contributed by atoms with Crippen molar-refractivity contribution >= 4 is 27.8 Å². The van der Waals surface area contributed by atoms with Crippen LogP contribution in [0.25, 0.3) is 0 Å². The zero-order valence-corrected chi connectivity index (χ0v) is 10.2. The first-order valence-electron chi connectivity index (χ1n) is 4.83. The van der Waals surface area contributed by atoms with Gasteiger partial charge in [-0.3, -0.25) is 10.1 Å². The van der Waals surface area contributed by atoms with Gasteiger partial charge in [0, 0.05) is 0 Å². The number of nitrogens with zero attached hydrogens (tertiary/aromatic N) is 1. The van der Waals surface area contributed by atoms with Crippen LogP contribution in [0.15, 0.2) is 27.7 Å². The van der Waals surface area contributed by atoms with E-state index in [9.17, 15) is 9.18 Å². The topological polar surface area (TPSA) is 103 Å². The van der Waals surface area contributed by atoms with Crippen LogP contribution in [0, 0.1) is 5.82 Å². The maximum absolute atomic E-state index is 13.0. The fraction of sp³-hybridized carbons (Fsp3) is 0.200. The molecule has 2 atom stereocenters. The normalized spacial score (nSPS) is 22.0. The number of aliphatic imine (C=N–C) groups is 1. The summed E-state index contributed by atoms with van der Waals surface area (Å²) in [6.45, 7) is 0. The third-order valence-corrected chi connectivity index (χ3v) is 3.00. The number of hydrogen-bond acceptors (Lipinski definition) is 2. The summed E-state index contributed by atoms with van der Waals surface area (Å²) in [6, 6.07) is 3.97. The predicted molar refractivity (Wildman–Crippen MR) is 64.6 cm³/mol. The van der Waals surface area contributed by atoms with Gasteiger partial charge in [-0.25, -0.2) is 4.39 Å². The summed E-state index contributed by atoms with van der Waals surface area (Å²) in [6.07, 6.45) is 0. The van der Waals surface area contributed by atoms with Crippen LogP contribution in [0.4, 0.5) is 4.39 Å². The van der Waals surface area contributed by atoms with E-state index in [4.69, 9.17) is 11.5 Å². The highest BCUT2D eigenvalue weighted by atomic mass is 79.9. The lowest BCUT2D eigenvalue weighted by Gasteiger charge is -1.99. The molecule has 1 aliphatic rings. The Morgan fingerprint density at radius 3 is 2.76 bits per heavy atom. The van der Waals surface area contributed by atoms with E-state index in [0.717, 1.165) is 5.56 Å². The van der Waals surface area contributed by atoms with Gasteiger partial charge in [0.25, 0.3) is 5.91 Å². The molecule has 5 nitrogen and oxygen atoms in total. The molecule has 0 aliphatic carbocycles. The van der Waals surface area contributed by atoms with Gasteiger partial charge in [0.05, 0.1) is 10.5 Å². The molecule has 17 heavy (non-hydrogen) atoms. The Hall–Kier alpha value is -1.47. The molecule has 1 amide bonds. The fourth-order valence-corrected chi connectivity index (χ4v) is 1.94. The van der Waals surface area contributed by atoms with E-state index < -0.39 is 11.9 Å². The smallest absolute Gasteiger partial charge is 0.267 e. The van der Waals surface area contributed by atoms with Gasteiger partial charge in [-0.05, 0) is 33.6 Å². The van der Waals surface area contributed by atoms with Gasteiger partial charge < -0.3 is 11.5 Å². The standard InChI is InChI=1S/C10H10BrFN4O/c11-5-3-4(1-2-6(5)12)7-8(15-7)9(17)16-10(13)14/h1-3,7-8,15H,(H4,13,14,16,17). The Bertz CT molecular complexity index is 501. The molecule has 0 spiro atoms. The van der Waals surface area contributed by atoms with E-state index in [1.54, 1.807) is 12.1 Å². The van der Waals surface area contributed by atoms with Crippen LogP contribution in [0.5, 0.6) is 0 Å². The lowest BCUT2D eigenvalue weighted by atomic mass is 10.1. The average Bonchev–Trinajstić information content (AvgIpc) is 3.01. The number of nitrogens with one attached hydrogen (secondary N) is 1. The van der Waals surface area contributed by atoms with E-state index in [0.29, 0.717) is 4.47 Å². The highest BCUT2D eigenvalue weighted by Crippen LogP contribution is 2.32. The molecule has 0 radical (unpaired) electrons. The number of nitrogens with two attached hydrogens (primary N) is 2. The summed E-state index contributed by atoms with van der Waals surface area (Å²) in [7, 11) is 0. The lowest BCUT2D eigenvalue weighted by molar-refractivity contribution is -0.117. The van der Waals surface area contributed by atoms with Crippen LogP contribution >= 0.6 is 15.9 Å². The summed E-state index contributed by atoms with van der Waals surface area (Å²) < 4.78 is 13.4. The Balaban J connectivity index is 2.10. The zero-order valence-electron chi connectivity index (χ0n) is 8.65. The monoisotopic (exact) mass is 300 g/mol. The van der Waals surface area contributed by atoms with Crippen molar-refractivity contribution in [3.8, 4) is 0 Å². The minimum absolute atomic E-state index is 0.164. The molecule has 1 aromatic rings. The molecular weight excluding hydrogens is 291 g/mol.